The summed E-state index contributed by atoms with van der Waals surface area (Å²) >= 11 is 5.73. The van der Waals surface area contributed by atoms with E-state index in [-0.39, 0.29) is 15.5 Å². The number of rotatable bonds is 2. The predicted molar refractivity (Wildman–Crippen MR) is 69.0 cm³/mol. The van der Waals surface area contributed by atoms with Crippen LogP contribution in [0.3, 0.4) is 0 Å². The highest BCUT2D eigenvalue weighted by atomic mass is 35.5. The van der Waals surface area contributed by atoms with Crippen LogP contribution in [0.4, 0.5) is 18.0 Å². The number of nitrogens with zero attached hydrogens (tertiary/aromatic N) is 1. The van der Waals surface area contributed by atoms with Crippen LogP contribution in [0.1, 0.15) is 10.4 Å². The second-order valence-corrected chi connectivity index (χ2v) is 4.88. The van der Waals surface area contributed by atoms with Crippen LogP contribution in [0.2, 0.25) is 5.02 Å². The number of nitrogens with one attached hydrogen (secondary N) is 2. The summed E-state index contributed by atoms with van der Waals surface area (Å²) < 4.78 is 39.8. The molecular formula is C12H9ClF3N3O3. The molecule has 0 bridgehead atoms. The van der Waals surface area contributed by atoms with E-state index in [1.165, 1.54) is 34.9 Å². The molecule has 1 fully saturated rings. The van der Waals surface area contributed by atoms with Gasteiger partial charge in [-0.2, -0.15) is 13.2 Å². The Morgan fingerprint density at radius 3 is 2.36 bits per heavy atom. The SMILES string of the molecule is CN1C(=O)N[C@](NC(=O)c2ccccc2Cl)(C(F)(F)F)C1=O. The molecule has 1 aliphatic heterocycles. The molecule has 0 radical (unpaired) electrons. The quantitative estimate of drug-likeness (QED) is 0.804. The molecule has 10 heteroatoms. The molecule has 0 unspecified atom stereocenters. The normalized spacial score (nSPS) is 21.8. The first-order valence-corrected chi connectivity index (χ1v) is 6.22. The van der Waals surface area contributed by atoms with Crippen molar-refractivity contribution in [2.24, 2.45) is 0 Å². The van der Waals surface area contributed by atoms with Crippen LogP contribution in [-0.2, 0) is 4.79 Å². The Morgan fingerprint density at radius 1 is 1.32 bits per heavy atom. The maximum atomic E-state index is 13.3. The lowest BCUT2D eigenvalue weighted by Crippen LogP contribution is -2.69. The monoisotopic (exact) mass is 335 g/mol. The topological polar surface area (TPSA) is 78.5 Å². The van der Waals surface area contributed by atoms with Crippen molar-refractivity contribution in [1.29, 1.82) is 0 Å². The van der Waals surface area contributed by atoms with Gasteiger partial charge < -0.3 is 5.32 Å². The fourth-order valence-electron chi connectivity index (χ4n) is 1.87. The largest absolute Gasteiger partial charge is 0.440 e. The van der Waals surface area contributed by atoms with Gasteiger partial charge in [0.05, 0.1) is 10.6 Å². The van der Waals surface area contributed by atoms with Crippen molar-refractivity contribution in [2.45, 2.75) is 11.8 Å². The maximum absolute atomic E-state index is 13.3. The second-order valence-electron chi connectivity index (χ2n) is 4.48. The molecule has 0 aromatic heterocycles. The Labute approximate surface area is 127 Å². The number of amides is 4. The number of benzene rings is 1. The third kappa shape index (κ3) is 2.37. The summed E-state index contributed by atoms with van der Waals surface area (Å²) in [4.78, 5) is 35.4. The Morgan fingerprint density at radius 2 is 1.91 bits per heavy atom. The van der Waals surface area contributed by atoms with Crippen molar-refractivity contribution in [2.75, 3.05) is 7.05 Å². The summed E-state index contributed by atoms with van der Waals surface area (Å²) in [7, 11) is 0.868. The summed E-state index contributed by atoms with van der Waals surface area (Å²) in [5.41, 5.74) is -3.78. The zero-order chi connectivity index (χ0) is 16.7. The maximum Gasteiger partial charge on any atom is 0.440 e. The highest BCUT2D eigenvalue weighted by Crippen LogP contribution is 2.33. The van der Waals surface area contributed by atoms with Crippen LogP contribution in [0, 0.1) is 0 Å². The molecule has 0 saturated carbocycles. The lowest BCUT2D eigenvalue weighted by atomic mass is 10.1. The second kappa shape index (κ2) is 5.16. The van der Waals surface area contributed by atoms with E-state index in [0.29, 0.717) is 0 Å². The van der Waals surface area contributed by atoms with Crippen molar-refractivity contribution in [3.8, 4) is 0 Å². The molecule has 4 amide bonds. The number of carbonyl (C=O) groups excluding carboxylic acids is 3. The fourth-order valence-corrected chi connectivity index (χ4v) is 2.09. The van der Waals surface area contributed by atoms with Crippen LogP contribution in [0.25, 0.3) is 0 Å². The van der Waals surface area contributed by atoms with Crippen LogP contribution in [0.5, 0.6) is 0 Å². The first kappa shape index (κ1) is 16.1. The third-order valence-corrected chi connectivity index (χ3v) is 3.40. The van der Waals surface area contributed by atoms with E-state index in [1.54, 1.807) is 0 Å². The average Bonchev–Trinajstić information content (AvgIpc) is 2.64. The van der Waals surface area contributed by atoms with Crippen molar-refractivity contribution in [3.63, 3.8) is 0 Å². The predicted octanol–water partition coefficient (Wildman–Crippen LogP) is 1.51. The number of carbonyl (C=O) groups is 3. The van der Waals surface area contributed by atoms with Gasteiger partial charge in [0.15, 0.2) is 0 Å². The Kier molecular flexibility index (Phi) is 3.78. The molecule has 6 nitrogen and oxygen atoms in total. The Hall–Kier alpha value is -2.29. The molecule has 1 saturated heterocycles. The van der Waals surface area contributed by atoms with Gasteiger partial charge in [0, 0.05) is 7.05 Å². The number of likely N-dealkylation sites (N-methyl/N-ethyl adjacent to an activating group) is 1. The van der Waals surface area contributed by atoms with E-state index in [9.17, 15) is 27.6 Å². The number of imide groups is 1. The molecule has 0 spiro atoms. The van der Waals surface area contributed by atoms with E-state index in [2.05, 4.69) is 0 Å². The van der Waals surface area contributed by atoms with Crippen LogP contribution in [-0.4, -0.2) is 41.6 Å². The molecule has 2 N–H and O–H groups in total. The molecular weight excluding hydrogens is 327 g/mol. The van der Waals surface area contributed by atoms with Gasteiger partial charge in [-0.25, -0.2) is 4.79 Å². The van der Waals surface area contributed by atoms with Crippen LogP contribution in [0.15, 0.2) is 24.3 Å². The van der Waals surface area contributed by atoms with Crippen molar-refractivity contribution >= 4 is 29.4 Å². The van der Waals surface area contributed by atoms with Crippen molar-refractivity contribution in [1.82, 2.24) is 15.5 Å². The van der Waals surface area contributed by atoms with E-state index in [0.717, 1.165) is 7.05 Å². The van der Waals surface area contributed by atoms with Crippen LogP contribution >= 0.6 is 11.6 Å². The van der Waals surface area contributed by atoms with E-state index < -0.39 is 29.7 Å². The first-order valence-electron chi connectivity index (χ1n) is 5.84. The molecule has 1 aromatic carbocycles. The Bertz CT molecular complexity index is 665. The molecule has 22 heavy (non-hydrogen) atoms. The zero-order valence-electron chi connectivity index (χ0n) is 11.0. The highest BCUT2D eigenvalue weighted by molar-refractivity contribution is 6.34. The molecule has 1 heterocycles. The molecule has 118 valence electrons. The highest BCUT2D eigenvalue weighted by Gasteiger charge is 2.68. The fraction of sp³-hybridized carbons (Fsp3) is 0.250. The zero-order valence-corrected chi connectivity index (χ0v) is 11.7. The number of halogens is 4. The van der Waals surface area contributed by atoms with Crippen molar-refractivity contribution < 1.29 is 27.6 Å². The standard InChI is InChI=1S/C12H9ClF3N3O3/c1-19-9(21)11(12(14,15)16,18-10(19)22)17-8(20)6-4-2-3-5-7(6)13/h2-5H,1H3,(H,17,20)(H,18,22)/t11-/m0/s1. The number of alkyl halides is 3. The number of hydrogen-bond donors (Lipinski definition) is 2. The molecule has 1 aromatic rings. The van der Waals surface area contributed by atoms with Crippen LogP contribution < -0.4 is 10.6 Å². The van der Waals surface area contributed by atoms with Crippen molar-refractivity contribution in [3.05, 3.63) is 34.9 Å². The Balaban J connectivity index is 2.42. The molecule has 0 aliphatic carbocycles. The smallest absolute Gasteiger partial charge is 0.314 e. The summed E-state index contributed by atoms with van der Waals surface area (Å²) in [6, 6.07) is 4.09. The van der Waals surface area contributed by atoms with E-state index in [4.69, 9.17) is 11.6 Å². The van der Waals surface area contributed by atoms with E-state index >= 15 is 0 Å². The molecule has 1 atom stereocenters. The number of urea groups is 1. The van der Waals surface area contributed by atoms with Gasteiger partial charge in [-0.1, -0.05) is 23.7 Å². The minimum atomic E-state index is -5.23. The van der Waals surface area contributed by atoms with Gasteiger partial charge in [0.2, 0.25) is 0 Å². The van der Waals surface area contributed by atoms with Gasteiger partial charge in [0.1, 0.15) is 0 Å². The van der Waals surface area contributed by atoms with Gasteiger partial charge in [-0.3, -0.25) is 19.8 Å². The van der Waals surface area contributed by atoms with E-state index in [1.807, 2.05) is 0 Å². The first-order chi connectivity index (χ1) is 10.1. The lowest BCUT2D eigenvalue weighted by molar-refractivity contribution is -0.199. The summed E-state index contributed by atoms with van der Waals surface area (Å²) in [5.74, 6) is -2.88. The average molecular weight is 336 g/mol. The summed E-state index contributed by atoms with van der Waals surface area (Å²) in [5, 5.41) is 2.90. The minimum Gasteiger partial charge on any atom is -0.314 e. The molecule has 2 rings (SSSR count). The third-order valence-electron chi connectivity index (χ3n) is 3.07. The minimum absolute atomic E-state index is 0.0950. The lowest BCUT2D eigenvalue weighted by Gasteiger charge is -2.29. The van der Waals surface area contributed by atoms with Gasteiger partial charge in [0.25, 0.3) is 17.5 Å². The number of hydrogen-bond acceptors (Lipinski definition) is 3. The summed E-state index contributed by atoms with van der Waals surface area (Å²) in [6.45, 7) is 0. The van der Waals surface area contributed by atoms with Gasteiger partial charge in [-0.15, -0.1) is 0 Å². The summed E-state index contributed by atoms with van der Waals surface area (Å²) in [6.07, 6.45) is -5.23. The van der Waals surface area contributed by atoms with Gasteiger partial charge in [-0.05, 0) is 12.1 Å². The van der Waals surface area contributed by atoms with Gasteiger partial charge >= 0.3 is 12.2 Å². The molecule has 1 aliphatic rings.